The minimum atomic E-state index is 0.360. The molecule has 4 nitrogen and oxygen atoms in total. The zero-order valence-corrected chi connectivity index (χ0v) is 15.1. The first kappa shape index (κ1) is 17.8. The van der Waals surface area contributed by atoms with E-state index in [0.717, 1.165) is 16.8 Å². The maximum absolute atomic E-state index is 6.18. The molecule has 0 unspecified atom stereocenters. The summed E-state index contributed by atoms with van der Waals surface area (Å²) in [7, 11) is 1.61. The number of hydrazone groups is 1. The van der Waals surface area contributed by atoms with E-state index in [0.29, 0.717) is 23.1 Å². The summed E-state index contributed by atoms with van der Waals surface area (Å²) in [5.74, 6) is 1.29. The van der Waals surface area contributed by atoms with E-state index in [-0.39, 0.29) is 0 Å². The lowest BCUT2D eigenvalue weighted by Crippen LogP contribution is -1.99. The van der Waals surface area contributed by atoms with Gasteiger partial charge < -0.3 is 9.47 Å². The Bertz CT molecular complexity index is 882. The molecular formula is C21H19ClN2O2. The van der Waals surface area contributed by atoms with Crippen molar-refractivity contribution in [2.24, 2.45) is 5.10 Å². The van der Waals surface area contributed by atoms with Gasteiger partial charge in [0.25, 0.3) is 0 Å². The van der Waals surface area contributed by atoms with E-state index < -0.39 is 0 Å². The first-order valence-electron chi connectivity index (χ1n) is 8.14. The summed E-state index contributed by atoms with van der Waals surface area (Å²) in [5, 5.41) is 4.93. The normalized spacial score (nSPS) is 10.7. The van der Waals surface area contributed by atoms with Crippen molar-refractivity contribution in [2.75, 3.05) is 12.5 Å². The minimum absolute atomic E-state index is 0.360. The van der Waals surface area contributed by atoms with Gasteiger partial charge in [0.05, 0.1) is 19.0 Å². The predicted octanol–water partition coefficient (Wildman–Crippen LogP) is 5.37. The Kier molecular flexibility index (Phi) is 6.12. The monoisotopic (exact) mass is 366 g/mol. The summed E-state index contributed by atoms with van der Waals surface area (Å²) in [6.45, 7) is 0.360. The lowest BCUT2D eigenvalue weighted by Gasteiger charge is -2.12. The molecule has 3 rings (SSSR count). The van der Waals surface area contributed by atoms with Gasteiger partial charge in [-0.05, 0) is 42.0 Å². The summed E-state index contributed by atoms with van der Waals surface area (Å²) >= 11 is 6.18. The van der Waals surface area contributed by atoms with Crippen molar-refractivity contribution in [3.63, 3.8) is 0 Å². The molecule has 3 aromatic rings. The number of ether oxygens (including phenoxy) is 2. The molecule has 0 bridgehead atoms. The van der Waals surface area contributed by atoms with E-state index in [1.807, 2.05) is 72.8 Å². The molecule has 26 heavy (non-hydrogen) atoms. The van der Waals surface area contributed by atoms with Crippen molar-refractivity contribution in [1.82, 2.24) is 0 Å². The van der Waals surface area contributed by atoms with Crippen LogP contribution in [-0.4, -0.2) is 13.3 Å². The number of nitrogens with zero attached hydrogens (tertiary/aromatic N) is 1. The van der Waals surface area contributed by atoms with E-state index in [1.165, 1.54) is 0 Å². The van der Waals surface area contributed by atoms with Crippen molar-refractivity contribution >= 4 is 23.5 Å². The molecule has 0 aliphatic rings. The van der Waals surface area contributed by atoms with Crippen LogP contribution in [-0.2, 0) is 6.61 Å². The molecule has 0 saturated carbocycles. The zero-order chi connectivity index (χ0) is 18.2. The molecule has 0 heterocycles. The molecule has 0 aliphatic carbocycles. The molecule has 0 aliphatic heterocycles. The minimum Gasteiger partial charge on any atom is -0.493 e. The summed E-state index contributed by atoms with van der Waals surface area (Å²) in [6.07, 6.45) is 1.73. The number of para-hydroxylation sites is 1. The van der Waals surface area contributed by atoms with Gasteiger partial charge in [0.2, 0.25) is 0 Å². The number of nitrogens with one attached hydrogen (secondary N) is 1. The maximum atomic E-state index is 6.18. The molecule has 1 N–H and O–H groups in total. The van der Waals surface area contributed by atoms with Gasteiger partial charge in [0.15, 0.2) is 11.5 Å². The van der Waals surface area contributed by atoms with Crippen LogP contribution in [0.15, 0.2) is 77.9 Å². The topological polar surface area (TPSA) is 42.8 Å². The van der Waals surface area contributed by atoms with Crippen molar-refractivity contribution in [1.29, 1.82) is 0 Å². The Balaban J connectivity index is 1.70. The third-order valence-electron chi connectivity index (χ3n) is 3.71. The maximum Gasteiger partial charge on any atom is 0.162 e. The predicted molar refractivity (Wildman–Crippen MR) is 106 cm³/mol. The summed E-state index contributed by atoms with van der Waals surface area (Å²) < 4.78 is 11.3. The highest BCUT2D eigenvalue weighted by atomic mass is 35.5. The van der Waals surface area contributed by atoms with Crippen LogP contribution in [0.2, 0.25) is 5.02 Å². The largest absolute Gasteiger partial charge is 0.493 e. The number of anilines is 1. The molecule has 0 amide bonds. The van der Waals surface area contributed by atoms with E-state index in [9.17, 15) is 0 Å². The number of benzene rings is 3. The average molecular weight is 367 g/mol. The van der Waals surface area contributed by atoms with Crippen molar-refractivity contribution in [3.8, 4) is 11.5 Å². The van der Waals surface area contributed by atoms with Crippen LogP contribution in [0.1, 0.15) is 11.1 Å². The van der Waals surface area contributed by atoms with Crippen molar-refractivity contribution in [3.05, 3.63) is 88.9 Å². The quantitative estimate of drug-likeness (QED) is 0.451. The van der Waals surface area contributed by atoms with Crippen LogP contribution >= 0.6 is 11.6 Å². The average Bonchev–Trinajstić information content (AvgIpc) is 2.68. The molecular weight excluding hydrogens is 348 g/mol. The smallest absolute Gasteiger partial charge is 0.162 e. The van der Waals surface area contributed by atoms with Crippen LogP contribution in [0.4, 0.5) is 5.69 Å². The fourth-order valence-electron chi connectivity index (χ4n) is 2.35. The van der Waals surface area contributed by atoms with Crippen LogP contribution in [0.25, 0.3) is 0 Å². The lowest BCUT2D eigenvalue weighted by molar-refractivity contribution is 0.284. The molecule has 0 atom stereocenters. The molecule has 0 spiro atoms. The number of halogens is 1. The molecule has 132 valence electrons. The Morgan fingerprint density at radius 2 is 1.73 bits per heavy atom. The van der Waals surface area contributed by atoms with E-state index in [1.54, 1.807) is 13.3 Å². The summed E-state index contributed by atoms with van der Waals surface area (Å²) in [4.78, 5) is 0. The first-order valence-corrected chi connectivity index (χ1v) is 8.52. The van der Waals surface area contributed by atoms with Gasteiger partial charge in [0, 0.05) is 10.6 Å². The first-order chi connectivity index (χ1) is 12.8. The molecule has 0 radical (unpaired) electrons. The van der Waals surface area contributed by atoms with Gasteiger partial charge in [-0.3, -0.25) is 5.43 Å². The number of hydrogen-bond acceptors (Lipinski definition) is 4. The molecule has 0 fully saturated rings. The standard InChI is InChI=1S/C21H19ClN2O2/c1-25-20-12-11-16(14-23-24-18-8-3-2-4-9-18)13-21(20)26-15-17-7-5-6-10-19(17)22/h2-14,24H,15H2,1H3/b23-14+. The molecule has 5 heteroatoms. The van der Waals surface area contributed by atoms with Gasteiger partial charge in [-0.15, -0.1) is 0 Å². The molecule has 3 aromatic carbocycles. The van der Waals surface area contributed by atoms with Crippen LogP contribution < -0.4 is 14.9 Å². The number of methoxy groups -OCH3 is 1. The van der Waals surface area contributed by atoms with Crippen molar-refractivity contribution < 1.29 is 9.47 Å². The highest BCUT2D eigenvalue weighted by molar-refractivity contribution is 6.31. The highest BCUT2D eigenvalue weighted by Gasteiger charge is 2.07. The molecule has 0 saturated heterocycles. The third kappa shape index (κ3) is 4.77. The SMILES string of the molecule is COc1ccc(/C=N/Nc2ccccc2)cc1OCc1ccccc1Cl. The Morgan fingerprint density at radius 1 is 0.962 bits per heavy atom. The van der Waals surface area contributed by atoms with Gasteiger partial charge >= 0.3 is 0 Å². The second-order valence-electron chi connectivity index (χ2n) is 5.53. The van der Waals surface area contributed by atoms with E-state index in [2.05, 4.69) is 10.5 Å². The van der Waals surface area contributed by atoms with Crippen LogP contribution in [0.5, 0.6) is 11.5 Å². The summed E-state index contributed by atoms with van der Waals surface area (Å²) in [5.41, 5.74) is 5.72. The lowest BCUT2D eigenvalue weighted by atomic mass is 10.2. The second kappa shape index (κ2) is 8.92. The van der Waals surface area contributed by atoms with Crippen LogP contribution in [0.3, 0.4) is 0 Å². The zero-order valence-electron chi connectivity index (χ0n) is 14.4. The third-order valence-corrected chi connectivity index (χ3v) is 4.08. The summed E-state index contributed by atoms with van der Waals surface area (Å²) in [6, 6.07) is 23.0. The fraction of sp³-hybridized carbons (Fsp3) is 0.0952. The Hall–Kier alpha value is -2.98. The van der Waals surface area contributed by atoms with Gasteiger partial charge in [-0.2, -0.15) is 5.10 Å². The Labute approximate surface area is 158 Å². The van der Waals surface area contributed by atoms with E-state index in [4.69, 9.17) is 21.1 Å². The second-order valence-corrected chi connectivity index (χ2v) is 5.93. The van der Waals surface area contributed by atoms with E-state index >= 15 is 0 Å². The van der Waals surface area contributed by atoms with Crippen molar-refractivity contribution in [2.45, 2.75) is 6.61 Å². The fourth-order valence-corrected chi connectivity index (χ4v) is 2.54. The van der Waals surface area contributed by atoms with Crippen LogP contribution in [0, 0.1) is 0 Å². The number of rotatable bonds is 7. The van der Waals surface area contributed by atoms with Gasteiger partial charge in [-0.1, -0.05) is 48.0 Å². The highest BCUT2D eigenvalue weighted by Crippen LogP contribution is 2.29. The number of hydrogen-bond donors (Lipinski definition) is 1. The molecule has 0 aromatic heterocycles. The van der Waals surface area contributed by atoms with Gasteiger partial charge in [-0.25, -0.2) is 0 Å². The van der Waals surface area contributed by atoms with Gasteiger partial charge in [0.1, 0.15) is 6.61 Å². The Morgan fingerprint density at radius 3 is 2.50 bits per heavy atom.